The topological polar surface area (TPSA) is 72.1 Å². The molecule has 1 fully saturated rings. The fraction of sp³-hybridized carbons (Fsp3) is 0.567. The summed E-state index contributed by atoms with van der Waals surface area (Å²) >= 11 is 0. The highest BCUT2D eigenvalue weighted by atomic mass is 16.5. The smallest absolute Gasteiger partial charge is 0.219 e. The molecule has 0 radical (unpaired) electrons. The van der Waals surface area contributed by atoms with Crippen molar-refractivity contribution in [2.45, 2.75) is 57.2 Å². The Morgan fingerprint density at radius 3 is 2.78 bits per heavy atom. The average Bonchev–Trinajstić information content (AvgIpc) is 2.95. The Bertz CT molecular complexity index is 981. The molecule has 2 aliphatic heterocycles. The molecule has 2 N–H and O–H groups in total. The third kappa shape index (κ3) is 7.94. The van der Waals surface area contributed by atoms with Crippen LogP contribution in [0.3, 0.4) is 0 Å². The Hall–Kier alpha value is -2.61. The van der Waals surface area contributed by atoms with E-state index in [9.17, 15) is 4.79 Å². The molecule has 202 valence electrons. The van der Waals surface area contributed by atoms with Crippen molar-refractivity contribution in [1.29, 1.82) is 0 Å². The molecule has 37 heavy (non-hydrogen) atoms. The highest BCUT2D eigenvalue weighted by Gasteiger charge is 2.27. The first-order valence-electron chi connectivity index (χ1n) is 13.8. The van der Waals surface area contributed by atoms with E-state index < -0.39 is 0 Å². The van der Waals surface area contributed by atoms with Crippen LogP contribution in [-0.4, -0.2) is 65.6 Å². The van der Waals surface area contributed by atoms with E-state index >= 15 is 0 Å². The molecular formula is C30H43N3O4. The Morgan fingerprint density at radius 2 is 1.97 bits per heavy atom. The van der Waals surface area contributed by atoms with Gasteiger partial charge in [-0.05, 0) is 67.5 Å². The number of amides is 1. The molecular weight excluding hydrogens is 466 g/mol. The summed E-state index contributed by atoms with van der Waals surface area (Å²) in [6, 6.07) is 15.5. The van der Waals surface area contributed by atoms with Crippen molar-refractivity contribution in [2.24, 2.45) is 0 Å². The molecule has 2 aliphatic rings. The maximum absolute atomic E-state index is 11.4. The summed E-state index contributed by atoms with van der Waals surface area (Å²) in [6.07, 6.45) is 5.77. The van der Waals surface area contributed by atoms with Crippen molar-refractivity contribution in [3.63, 3.8) is 0 Å². The van der Waals surface area contributed by atoms with Gasteiger partial charge in [-0.15, -0.1) is 0 Å². The van der Waals surface area contributed by atoms with E-state index in [4.69, 9.17) is 14.2 Å². The minimum absolute atomic E-state index is 0.121. The molecule has 0 unspecified atom stereocenters. The molecule has 4 rings (SSSR count). The van der Waals surface area contributed by atoms with Crippen molar-refractivity contribution < 1.29 is 19.0 Å². The molecule has 0 bridgehead atoms. The van der Waals surface area contributed by atoms with Crippen molar-refractivity contribution in [2.75, 3.05) is 58.5 Å². The zero-order valence-corrected chi connectivity index (χ0v) is 22.5. The number of rotatable bonds is 13. The summed E-state index contributed by atoms with van der Waals surface area (Å²) in [5.74, 6) is 1.46. The Balaban J connectivity index is 1.33. The SMILES string of the molecule is CNC(=O)CCCCc1ccc([C@H]2CCNC[C@@H]2OCc2ccc3c(c2)N(CCCOC)CCO3)cc1. The van der Waals surface area contributed by atoms with Gasteiger partial charge in [0.15, 0.2) is 0 Å². The number of nitrogens with one attached hydrogen (secondary N) is 2. The van der Waals surface area contributed by atoms with Gasteiger partial charge in [-0.1, -0.05) is 30.3 Å². The summed E-state index contributed by atoms with van der Waals surface area (Å²) in [4.78, 5) is 13.8. The summed E-state index contributed by atoms with van der Waals surface area (Å²) in [6.45, 7) is 5.82. The number of benzene rings is 2. The van der Waals surface area contributed by atoms with Crippen molar-refractivity contribution in [3.05, 3.63) is 59.2 Å². The van der Waals surface area contributed by atoms with E-state index in [0.717, 1.165) is 82.9 Å². The molecule has 0 aliphatic carbocycles. The number of carbonyl (C=O) groups is 1. The van der Waals surface area contributed by atoms with E-state index in [1.807, 2.05) is 0 Å². The molecule has 2 aromatic rings. The fourth-order valence-electron chi connectivity index (χ4n) is 5.30. The lowest BCUT2D eigenvalue weighted by Gasteiger charge is -2.33. The Labute approximate surface area is 221 Å². The van der Waals surface area contributed by atoms with Crippen LogP contribution in [0.15, 0.2) is 42.5 Å². The van der Waals surface area contributed by atoms with Gasteiger partial charge in [0.25, 0.3) is 0 Å². The molecule has 0 saturated carbocycles. The number of nitrogens with zero attached hydrogens (tertiary/aromatic N) is 1. The molecule has 2 atom stereocenters. The van der Waals surface area contributed by atoms with Gasteiger partial charge in [-0.2, -0.15) is 0 Å². The first-order chi connectivity index (χ1) is 18.2. The fourth-order valence-corrected chi connectivity index (χ4v) is 5.30. The molecule has 2 aromatic carbocycles. The van der Waals surface area contributed by atoms with E-state index in [1.54, 1.807) is 14.2 Å². The first kappa shape index (κ1) is 27.4. The monoisotopic (exact) mass is 509 g/mol. The van der Waals surface area contributed by atoms with Gasteiger partial charge in [0.2, 0.25) is 5.91 Å². The highest BCUT2D eigenvalue weighted by Crippen LogP contribution is 2.34. The summed E-state index contributed by atoms with van der Waals surface area (Å²) < 4.78 is 17.7. The summed E-state index contributed by atoms with van der Waals surface area (Å²) in [5, 5.41) is 6.21. The largest absolute Gasteiger partial charge is 0.490 e. The number of carbonyl (C=O) groups excluding carboxylic acids is 1. The second kappa shape index (κ2) is 14.4. The van der Waals surface area contributed by atoms with Crippen LogP contribution in [0.1, 0.15) is 54.7 Å². The number of hydrogen-bond donors (Lipinski definition) is 2. The molecule has 1 amide bonds. The van der Waals surface area contributed by atoms with Gasteiger partial charge >= 0.3 is 0 Å². The van der Waals surface area contributed by atoms with Crippen LogP contribution in [-0.2, 0) is 27.3 Å². The van der Waals surface area contributed by atoms with Crippen LogP contribution < -0.4 is 20.3 Å². The number of unbranched alkanes of at least 4 members (excludes halogenated alkanes) is 1. The van der Waals surface area contributed by atoms with Crippen LogP contribution in [0.2, 0.25) is 0 Å². The molecule has 2 heterocycles. The quantitative estimate of drug-likeness (QED) is 0.397. The Kier molecular flexibility index (Phi) is 10.6. The third-order valence-corrected chi connectivity index (χ3v) is 7.46. The van der Waals surface area contributed by atoms with E-state index in [-0.39, 0.29) is 12.0 Å². The van der Waals surface area contributed by atoms with Gasteiger partial charge in [0.05, 0.1) is 24.9 Å². The van der Waals surface area contributed by atoms with Gasteiger partial charge in [0, 0.05) is 46.2 Å². The molecule has 7 heteroatoms. The molecule has 0 spiro atoms. The summed E-state index contributed by atoms with van der Waals surface area (Å²) in [5.41, 5.74) is 5.02. The van der Waals surface area contributed by atoms with Crippen LogP contribution in [0.4, 0.5) is 5.69 Å². The van der Waals surface area contributed by atoms with Crippen molar-refractivity contribution in [1.82, 2.24) is 10.6 Å². The molecule has 7 nitrogen and oxygen atoms in total. The average molecular weight is 510 g/mol. The second-order valence-electron chi connectivity index (χ2n) is 10.1. The number of aryl methyl sites for hydroxylation is 1. The van der Waals surface area contributed by atoms with Crippen LogP contribution >= 0.6 is 0 Å². The predicted octanol–water partition coefficient (Wildman–Crippen LogP) is 4.04. The zero-order chi connectivity index (χ0) is 25.9. The van der Waals surface area contributed by atoms with E-state index in [0.29, 0.717) is 18.9 Å². The maximum atomic E-state index is 11.4. The lowest BCUT2D eigenvalue weighted by molar-refractivity contribution is -0.120. The Morgan fingerprint density at radius 1 is 1.14 bits per heavy atom. The van der Waals surface area contributed by atoms with E-state index in [2.05, 4.69) is 58.0 Å². The maximum Gasteiger partial charge on any atom is 0.219 e. The number of anilines is 1. The number of fused-ring (bicyclic) bond motifs is 1. The second-order valence-corrected chi connectivity index (χ2v) is 10.1. The van der Waals surface area contributed by atoms with Crippen molar-refractivity contribution >= 4 is 11.6 Å². The minimum atomic E-state index is 0.121. The highest BCUT2D eigenvalue weighted by molar-refractivity contribution is 5.75. The van der Waals surface area contributed by atoms with Crippen LogP contribution in [0.25, 0.3) is 0 Å². The van der Waals surface area contributed by atoms with Crippen LogP contribution in [0.5, 0.6) is 5.75 Å². The number of methoxy groups -OCH3 is 1. The predicted molar refractivity (Wildman–Crippen MR) is 148 cm³/mol. The van der Waals surface area contributed by atoms with Gasteiger partial charge in [-0.3, -0.25) is 4.79 Å². The molecule has 0 aromatic heterocycles. The van der Waals surface area contributed by atoms with Crippen molar-refractivity contribution in [3.8, 4) is 5.75 Å². The number of ether oxygens (including phenoxy) is 3. The lowest BCUT2D eigenvalue weighted by atomic mass is 9.87. The standard InChI is InChI=1S/C30H43N3O4/c1-31-30(34)7-4-3-6-23-8-11-25(12-9-23)26-14-15-32-21-29(26)37-22-24-10-13-28-27(20-24)33(17-19-36-28)16-5-18-35-2/h8-13,20,26,29,32H,3-7,14-19,21-22H2,1-2H3,(H,31,34)/t26-,29+/m1/s1. The normalized spacial score (nSPS) is 19.2. The van der Waals surface area contributed by atoms with Crippen LogP contribution in [0, 0.1) is 0 Å². The number of hydrogen-bond acceptors (Lipinski definition) is 6. The van der Waals surface area contributed by atoms with Gasteiger partial charge < -0.3 is 29.7 Å². The lowest BCUT2D eigenvalue weighted by Crippen LogP contribution is -2.41. The number of piperidine rings is 1. The third-order valence-electron chi connectivity index (χ3n) is 7.46. The summed E-state index contributed by atoms with van der Waals surface area (Å²) in [7, 11) is 3.45. The van der Waals surface area contributed by atoms with E-state index in [1.165, 1.54) is 16.7 Å². The first-order valence-corrected chi connectivity index (χ1v) is 13.8. The minimum Gasteiger partial charge on any atom is -0.490 e. The molecule has 1 saturated heterocycles. The zero-order valence-electron chi connectivity index (χ0n) is 22.5. The van der Waals surface area contributed by atoms with Gasteiger partial charge in [-0.25, -0.2) is 0 Å². The van der Waals surface area contributed by atoms with Gasteiger partial charge in [0.1, 0.15) is 12.4 Å².